The van der Waals surface area contributed by atoms with E-state index in [1.807, 2.05) is 24.9 Å². The molecule has 0 aromatic carbocycles. The average molecular weight is 232 g/mol. The van der Waals surface area contributed by atoms with Crippen molar-refractivity contribution in [2.75, 3.05) is 0 Å². The van der Waals surface area contributed by atoms with Crippen LogP contribution in [-0.2, 0) is 13.5 Å². The van der Waals surface area contributed by atoms with Gasteiger partial charge in [-0.25, -0.2) is 0 Å². The largest absolute Gasteiger partial charge is 0.328 e. The minimum Gasteiger partial charge on any atom is -0.328 e. The quantitative estimate of drug-likeness (QED) is 0.857. The molecule has 0 saturated carbocycles. The topological polar surface area (TPSA) is 43.8 Å². The highest BCUT2D eigenvalue weighted by molar-refractivity contribution is 9.10. The van der Waals surface area contributed by atoms with Gasteiger partial charge in [-0.2, -0.15) is 5.10 Å². The first kappa shape index (κ1) is 9.74. The monoisotopic (exact) mass is 231 g/mol. The second-order valence-corrected chi connectivity index (χ2v) is 3.93. The smallest absolute Gasteiger partial charge is 0.0635 e. The fourth-order valence-corrected chi connectivity index (χ4v) is 1.63. The standard InChI is InChI=1S/C8H14BrN3/c1-6(10)3-4-8-7(9)5-11-12(8)2/h5-6H,3-4,10H2,1-2H3. The van der Waals surface area contributed by atoms with Crippen LogP contribution in [0.25, 0.3) is 0 Å². The maximum Gasteiger partial charge on any atom is 0.0635 e. The van der Waals surface area contributed by atoms with E-state index in [1.54, 1.807) is 0 Å². The van der Waals surface area contributed by atoms with Gasteiger partial charge in [-0.3, -0.25) is 4.68 Å². The van der Waals surface area contributed by atoms with Crippen molar-refractivity contribution >= 4 is 15.9 Å². The maximum absolute atomic E-state index is 5.66. The SMILES string of the molecule is CC(N)CCc1c(Br)cnn1C. The molecule has 4 heteroatoms. The van der Waals surface area contributed by atoms with Crippen molar-refractivity contribution in [1.82, 2.24) is 9.78 Å². The molecular weight excluding hydrogens is 218 g/mol. The Labute approximate surface area is 81.1 Å². The highest BCUT2D eigenvalue weighted by Crippen LogP contribution is 2.16. The molecule has 68 valence electrons. The van der Waals surface area contributed by atoms with Crippen molar-refractivity contribution in [1.29, 1.82) is 0 Å². The number of rotatable bonds is 3. The summed E-state index contributed by atoms with van der Waals surface area (Å²) in [6.45, 7) is 2.02. The van der Waals surface area contributed by atoms with Gasteiger partial charge in [0.05, 0.1) is 16.4 Å². The second-order valence-electron chi connectivity index (χ2n) is 3.08. The van der Waals surface area contributed by atoms with Gasteiger partial charge < -0.3 is 5.73 Å². The van der Waals surface area contributed by atoms with E-state index in [0.29, 0.717) is 0 Å². The third-order valence-corrected chi connectivity index (χ3v) is 2.51. The Bertz CT molecular complexity index is 235. The third kappa shape index (κ3) is 2.32. The molecular formula is C8H14BrN3. The van der Waals surface area contributed by atoms with Crippen molar-refractivity contribution < 1.29 is 0 Å². The zero-order chi connectivity index (χ0) is 9.14. The molecule has 12 heavy (non-hydrogen) atoms. The van der Waals surface area contributed by atoms with Gasteiger partial charge in [0.25, 0.3) is 0 Å². The average Bonchev–Trinajstić information content (AvgIpc) is 2.28. The normalized spacial score (nSPS) is 13.3. The molecule has 2 N–H and O–H groups in total. The van der Waals surface area contributed by atoms with Crippen molar-refractivity contribution in [2.45, 2.75) is 25.8 Å². The molecule has 0 saturated heterocycles. The van der Waals surface area contributed by atoms with Crippen LogP contribution < -0.4 is 5.73 Å². The molecule has 0 amide bonds. The zero-order valence-electron chi connectivity index (χ0n) is 7.42. The number of aryl methyl sites for hydroxylation is 1. The molecule has 3 nitrogen and oxygen atoms in total. The van der Waals surface area contributed by atoms with E-state index in [0.717, 1.165) is 17.3 Å². The van der Waals surface area contributed by atoms with Crippen LogP contribution in [0.3, 0.4) is 0 Å². The lowest BCUT2D eigenvalue weighted by atomic mass is 10.1. The van der Waals surface area contributed by atoms with Gasteiger partial charge in [-0.15, -0.1) is 0 Å². The van der Waals surface area contributed by atoms with Crippen LogP contribution in [0.2, 0.25) is 0 Å². The molecule has 1 heterocycles. The second kappa shape index (κ2) is 4.05. The third-order valence-electron chi connectivity index (χ3n) is 1.85. The molecule has 1 aromatic rings. The Hall–Kier alpha value is -0.350. The van der Waals surface area contributed by atoms with Crippen LogP contribution in [-0.4, -0.2) is 15.8 Å². The predicted octanol–water partition coefficient (Wildman–Crippen LogP) is 1.46. The number of nitrogens with two attached hydrogens (primary N) is 1. The highest BCUT2D eigenvalue weighted by atomic mass is 79.9. The van der Waals surface area contributed by atoms with Crippen LogP contribution in [0.1, 0.15) is 19.0 Å². The van der Waals surface area contributed by atoms with E-state index in [9.17, 15) is 0 Å². The van der Waals surface area contributed by atoms with Crippen LogP contribution in [0.15, 0.2) is 10.7 Å². The Kier molecular flexibility index (Phi) is 3.29. The van der Waals surface area contributed by atoms with Crippen LogP contribution in [0.4, 0.5) is 0 Å². The van der Waals surface area contributed by atoms with Crippen LogP contribution in [0.5, 0.6) is 0 Å². The van der Waals surface area contributed by atoms with Gasteiger partial charge in [0.1, 0.15) is 0 Å². The molecule has 0 aliphatic carbocycles. The van der Waals surface area contributed by atoms with Gasteiger partial charge in [-0.1, -0.05) is 0 Å². The number of halogens is 1. The molecule has 1 unspecified atom stereocenters. The summed E-state index contributed by atoms with van der Waals surface area (Å²) in [4.78, 5) is 0. The molecule has 1 rings (SSSR count). The van der Waals surface area contributed by atoms with Gasteiger partial charge in [0.2, 0.25) is 0 Å². The molecule has 0 bridgehead atoms. The van der Waals surface area contributed by atoms with Crippen molar-refractivity contribution in [2.24, 2.45) is 12.8 Å². The summed E-state index contributed by atoms with van der Waals surface area (Å²) in [5.74, 6) is 0. The molecule has 0 aliphatic heterocycles. The van der Waals surface area contributed by atoms with Gasteiger partial charge >= 0.3 is 0 Å². The lowest BCUT2D eigenvalue weighted by Crippen LogP contribution is -2.16. The molecule has 1 atom stereocenters. The lowest BCUT2D eigenvalue weighted by molar-refractivity contribution is 0.623. The first-order chi connectivity index (χ1) is 5.61. The summed E-state index contributed by atoms with van der Waals surface area (Å²) in [7, 11) is 1.95. The van der Waals surface area contributed by atoms with Crippen molar-refractivity contribution in [3.8, 4) is 0 Å². The van der Waals surface area contributed by atoms with E-state index >= 15 is 0 Å². The number of hydrogen-bond acceptors (Lipinski definition) is 2. The molecule has 0 fully saturated rings. The first-order valence-electron chi connectivity index (χ1n) is 4.03. The summed E-state index contributed by atoms with van der Waals surface area (Å²) in [6.07, 6.45) is 3.80. The van der Waals surface area contributed by atoms with E-state index in [1.165, 1.54) is 5.69 Å². The Balaban J connectivity index is 2.62. The van der Waals surface area contributed by atoms with E-state index in [2.05, 4.69) is 21.0 Å². The fraction of sp³-hybridized carbons (Fsp3) is 0.625. The number of hydrogen-bond donors (Lipinski definition) is 1. The van der Waals surface area contributed by atoms with Gasteiger partial charge in [-0.05, 0) is 35.7 Å². The zero-order valence-corrected chi connectivity index (χ0v) is 9.00. The number of nitrogens with zero attached hydrogens (tertiary/aromatic N) is 2. The first-order valence-corrected chi connectivity index (χ1v) is 4.82. The Morgan fingerprint density at radius 2 is 2.42 bits per heavy atom. The van der Waals surface area contributed by atoms with E-state index in [-0.39, 0.29) is 6.04 Å². The highest BCUT2D eigenvalue weighted by Gasteiger charge is 2.06. The summed E-state index contributed by atoms with van der Waals surface area (Å²) in [5.41, 5.74) is 6.88. The summed E-state index contributed by atoms with van der Waals surface area (Å²) in [5, 5.41) is 4.12. The predicted molar refractivity (Wildman–Crippen MR) is 52.9 cm³/mol. The van der Waals surface area contributed by atoms with Gasteiger partial charge in [0, 0.05) is 13.1 Å². The summed E-state index contributed by atoms with van der Waals surface area (Å²) >= 11 is 3.44. The van der Waals surface area contributed by atoms with Crippen molar-refractivity contribution in [3.63, 3.8) is 0 Å². The van der Waals surface area contributed by atoms with Crippen LogP contribution in [0, 0.1) is 0 Å². The minimum absolute atomic E-state index is 0.256. The molecule has 1 aromatic heterocycles. The van der Waals surface area contributed by atoms with Crippen molar-refractivity contribution in [3.05, 3.63) is 16.4 Å². The Morgan fingerprint density at radius 1 is 1.75 bits per heavy atom. The minimum atomic E-state index is 0.256. The summed E-state index contributed by atoms with van der Waals surface area (Å²) in [6, 6.07) is 0.256. The van der Waals surface area contributed by atoms with E-state index < -0.39 is 0 Å². The lowest BCUT2D eigenvalue weighted by Gasteiger charge is -2.05. The Morgan fingerprint density at radius 3 is 2.83 bits per heavy atom. The van der Waals surface area contributed by atoms with E-state index in [4.69, 9.17) is 5.73 Å². The molecule has 0 aliphatic rings. The molecule has 0 radical (unpaired) electrons. The fourth-order valence-electron chi connectivity index (χ4n) is 1.08. The summed E-state index contributed by atoms with van der Waals surface area (Å²) < 4.78 is 2.96. The number of aromatic nitrogens is 2. The maximum atomic E-state index is 5.66. The van der Waals surface area contributed by atoms with Crippen LogP contribution >= 0.6 is 15.9 Å². The molecule has 0 spiro atoms. The van der Waals surface area contributed by atoms with Gasteiger partial charge in [0.15, 0.2) is 0 Å².